The van der Waals surface area contributed by atoms with E-state index in [1.807, 2.05) is 32.0 Å². The van der Waals surface area contributed by atoms with Crippen LogP contribution in [0.1, 0.15) is 25.3 Å². The molecule has 1 saturated heterocycles. The monoisotopic (exact) mass is 336 g/mol. The Morgan fingerprint density at radius 1 is 1.35 bits per heavy atom. The molecule has 0 spiro atoms. The molecular formula is C15H17BrN2O2. The summed E-state index contributed by atoms with van der Waals surface area (Å²) in [4.78, 5) is 26.4. The van der Waals surface area contributed by atoms with Crippen LogP contribution in [-0.2, 0) is 9.59 Å². The number of piperazine rings is 1. The van der Waals surface area contributed by atoms with E-state index in [2.05, 4.69) is 21.2 Å². The van der Waals surface area contributed by atoms with E-state index in [4.69, 9.17) is 0 Å². The Kier molecular flexibility index (Phi) is 3.12. The molecule has 5 heteroatoms. The lowest BCUT2D eigenvalue weighted by molar-refractivity contribution is -0.136. The van der Waals surface area contributed by atoms with E-state index in [-0.39, 0.29) is 24.3 Å². The maximum atomic E-state index is 12.8. The van der Waals surface area contributed by atoms with Crippen molar-refractivity contribution in [3.05, 3.63) is 28.2 Å². The van der Waals surface area contributed by atoms with Crippen LogP contribution in [0, 0.1) is 12.8 Å². The molecule has 0 bridgehead atoms. The van der Waals surface area contributed by atoms with Crippen molar-refractivity contribution in [2.75, 3.05) is 11.4 Å². The summed E-state index contributed by atoms with van der Waals surface area (Å²) in [6.45, 7) is 3.92. The molecular weight excluding hydrogens is 320 g/mol. The minimum absolute atomic E-state index is 0.00122. The Hall–Kier alpha value is -1.36. The first-order valence-electron chi connectivity index (χ1n) is 6.81. The molecule has 2 amide bonds. The molecule has 1 unspecified atom stereocenters. The number of hydrogen-bond acceptors (Lipinski definition) is 2. The highest BCUT2D eigenvalue weighted by atomic mass is 79.9. The van der Waals surface area contributed by atoms with Crippen molar-refractivity contribution in [1.29, 1.82) is 0 Å². The van der Waals surface area contributed by atoms with E-state index < -0.39 is 5.54 Å². The molecule has 106 valence electrons. The third-order valence-corrected chi connectivity index (χ3v) is 5.13. The number of nitrogens with zero attached hydrogens (tertiary/aromatic N) is 1. The van der Waals surface area contributed by atoms with E-state index in [0.29, 0.717) is 0 Å². The number of amides is 2. The Balaban J connectivity index is 1.97. The Morgan fingerprint density at radius 2 is 2.05 bits per heavy atom. The number of rotatable bonds is 2. The predicted molar refractivity (Wildman–Crippen MR) is 80.5 cm³/mol. The fourth-order valence-corrected chi connectivity index (χ4v) is 3.07. The first-order chi connectivity index (χ1) is 9.41. The van der Waals surface area contributed by atoms with Gasteiger partial charge >= 0.3 is 0 Å². The molecule has 2 fully saturated rings. The van der Waals surface area contributed by atoms with Gasteiger partial charge in [-0.1, -0.05) is 15.9 Å². The predicted octanol–water partition coefficient (Wildman–Crippen LogP) is 2.39. The molecule has 1 saturated carbocycles. The second-order valence-corrected chi connectivity index (χ2v) is 6.70. The molecule has 20 heavy (non-hydrogen) atoms. The third-order valence-electron chi connectivity index (χ3n) is 4.24. The first kappa shape index (κ1) is 13.6. The van der Waals surface area contributed by atoms with Crippen LogP contribution in [0.4, 0.5) is 5.69 Å². The largest absolute Gasteiger partial charge is 0.340 e. The van der Waals surface area contributed by atoms with E-state index in [9.17, 15) is 9.59 Å². The van der Waals surface area contributed by atoms with Gasteiger partial charge < -0.3 is 10.2 Å². The molecule has 2 aliphatic rings. The van der Waals surface area contributed by atoms with Gasteiger partial charge in [0.1, 0.15) is 12.1 Å². The fourth-order valence-electron chi connectivity index (χ4n) is 2.82. The van der Waals surface area contributed by atoms with E-state index in [1.54, 1.807) is 4.90 Å². The van der Waals surface area contributed by atoms with Gasteiger partial charge in [0.05, 0.1) is 0 Å². The highest BCUT2D eigenvalue weighted by Crippen LogP contribution is 2.42. The molecule has 1 aromatic carbocycles. The molecule has 1 aromatic rings. The van der Waals surface area contributed by atoms with Gasteiger partial charge in [-0.25, -0.2) is 0 Å². The number of hydrogen-bond donors (Lipinski definition) is 1. The van der Waals surface area contributed by atoms with Crippen molar-refractivity contribution < 1.29 is 9.59 Å². The molecule has 1 aliphatic carbocycles. The molecule has 1 N–H and O–H groups in total. The highest BCUT2D eigenvalue weighted by Gasteiger charge is 2.52. The number of nitrogens with one attached hydrogen (secondary N) is 1. The van der Waals surface area contributed by atoms with Gasteiger partial charge in [-0.05, 0) is 56.4 Å². The first-order valence-corrected chi connectivity index (χ1v) is 7.60. The summed E-state index contributed by atoms with van der Waals surface area (Å²) in [7, 11) is 0. The molecule has 1 atom stereocenters. The zero-order chi connectivity index (χ0) is 14.5. The average molecular weight is 337 g/mol. The van der Waals surface area contributed by atoms with Gasteiger partial charge in [0.2, 0.25) is 5.91 Å². The Labute approximate surface area is 126 Å². The third kappa shape index (κ3) is 2.14. The number of benzene rings is 1. The van der Waals surface area contributed by atoms with Crippen molar-refractivity contribution in [1.82, 2.24) is 5.32 Å². The van der Waals surface area contributed by atoms with E-state index in [1.165, 1.54) is 0 Å². The molecule has 1 heterocycles. The maximum absolute atomic E-state index is 12.8. The van der Waals surface area contributed by atoms with Gasteiger partial charge in [-0.15, -0.1) is 0 Å². The minimum Gasteiger partial charge on any atom is -0.340 e. The van der Waals surface area contributed by atoms with Crippen LogP contribution >= 0.6 is 15.9 Å². The highest BCUT2D eigenvalue weighted by molar-refractivity contribution is 9.10. The van der Waals surface area contributed by atoms with Gasteiger partial charge in [0, 0.05) is 10.2 Å². The smallest absolute Gasteiger partial charge is 0.253 e. The van der Waals surface area contributed by atoms with Crippen molar-refractivity contribution in [3.63, 3.8) is 0 Å². The van der Waals surface area contributed by atoms with E-state index in [0.717, 1.165) is 28.6 Å². The summed E-state index contributed by atoms with van der Waals surface area (Å²) in [5, 5.41) is 2.89. The van der Waals surface area contributed by atoms with Gasteiger partial charge in [-0.3, -0.25) is 9.59 Å². The fraction of sp³-hybridized carbons (Fsp3) is 0.467. The summed E-state index contributed by atoms with van der Waals surface area (Å²) in [5.41, 5.74) is 1.10. The van der Waals surface area contributed by atoms with Crippen LogP contribution in [0.2, 0.25) is 0 Å². The number of aryl methyl sites for hydroxylation is 1. The lowest BCUT2D eigenvalue weighted by atomic mass is 9.91. The second-order valence-electron chi connectivity index (χ2n) is 5.85. The Morgan fingerprint density at radius 3 is 2.65 bits per heavy atom. The van der Waals surface area contributed by atoms with Crippen LogP contribution in [-0.4, -0.2) is 23.9 Å². The van der Waals surface area contributed by atoms with Crippen LogP contribution in [0.5, 0.6) is 0 Å². The number of carbonyl (C=O) groups is 2. The summed E-state index contributed by atoms with van der Waals surface area (Å²) in [5.74, 6) is 0.194. The van der Waals surface area contributed by atoms with Gasteiger partial charge in [0.15, 0.2) is 0 Å². The van der Waals surface area contributed by atoms with Gasteiger partial charge in [-0.2, -0.15) is 0 Å². The van der Waals surface area contributed by atoms with Crippen molar-refractivity contribution in [3.8, 4) is 0 Å². The summed E-state index contributed by atoms with van der Waals surface area (Å²) in [6, 6.07) is 5.73. The van der Waals surface area contributed by atoms with Crippen molar-refractivity contribution >= 4 is 33.4 Å². The molecule has 0 radical (unpaired) electrons. The molecule has 4 nitrogen and oxygen atoms in total. The summed E-state index contributed by atoms with van der Waals surface area (Å²) < 4.78 is 1.00. The second kappa shape index (κ2) is 4.58. The summed E-state index contributed by atoms with van der Waals surface area (Å²) in [6.07, 6.45) is 2.02. The topological polar surface area (TPSA) is 49.4 Å². The van der Waals surface area contributed by atoms with E-state index >= 15 is 0 Å². The van der Waals surface area contributed by atoms with Crippen LogP contribution in [0.25, 0.3) is 0 Å². The number of anilines is 1. The maximum Gasteiger partial charge on any atom is 0.253 e. The number of carbonyl (C=O) groups excluding carboxylic acids is 2. The minimum atomic E-state index is -0.740. The van der Waals surface area contributed by atoms with Crippen LogP contribution < -0.4 is 10.2 Å². The Bertz CT molecular complexity index is 598. The van der Waals surface area contributed by atoms with Crippen molar-refractivity contribution in [2.45, 2.75) is 32.2 Å². The quantitative estimate of drug-likeness (QED) is 0.901. The van der Waals surface area contributed by atoms with Crippen LogP contribution in [0.3, 0.4) is 0 Å². The molecule has 0 aromatic heterocycles. The number of halogens is 1. The average Bonchev–Trinajstić information content (AvgIpc) is 3.22. The lowest BCUT2D eigenvalue weighted by Gasteiger charge is -2.40. The van der Waals surface area contributed by atoms with Gasteiger partial charge in [0.25, 0.3) is 5.91 Å². The van der Waals surface area contributed by atoms with Crippen molar-refractivity contribution in [2.24, 2.45) is 5.92 Å². The lowest BCUT2D eigenvalue weighted by Crippen LogP contribution is -2.66. The molecule has 3 rings (SSSR count). The molecule has 1 aliphatic heterocycles. The zero-order valence-corrected chi connectivity index (χ0v) is 13.2. The van der Waals surface area contributed by atoms with Crippen LogP contribution in [0.15, 0.2) is 22.7 Å². The zero-order valence-electron chi connectivity index (χ0n) is 11.6. The standard InChI is InChI=1S/C15H17BrN2O2/c1-9-7-11(5-6-12(9)16)18-8-13(19)17-15(2,14(18)20)10-3-4-10/h5-7,10H,3-4,8H2,1-2H3,(H,17,19). The summed E-state index contributed by atoms with van der Waals surface area (Å²) >= 11 is 3.45. The normalized spacial score (nSPS) is 26.6. The SMILES string of the molecule is Cc1cc(N2CC(=O)NC(C)(C3CC3)C2=O)ccc1Br.